The predicted molar refractivity (Wildman–Crippen MR) is 193 cm³/mol. The molecular formula is C40H48N4O6. The highest BCUT2D eigenvalue weighted by Gasteiger charge is 2.39. The van der Waals surface area contributed by atoms with Gasteiger partial charge in [0.1, 0.15) is 18.7 Å². The first-order valence-electron chi connectivity index (χ1n) is 16.8. The van der Waals surface area contributed by atoms with E-state index in [4.69, 9.17) is 4.74 Å². The number of rotatable bonds is 16. The van der Waals surface area contributed by atoms with E-state index in [1.165, 1.54) is 0 Å². The average Bonchev–Trinajstić information content (AvgIpc) is 3.12. The van der Waals surface area contributed by atoms with Crippen LogP contribution in [0, 0.1) is 5.41 Å². The Hall–Kier alpha value is -5.03. The zero-order chi connectivity index (χ0) is 35.9. The molecular weight excluding hydrogens is 632 g/mol. The van der Waals surface area contributed by atoms with Crippen molar-refractivity contribution in [2.45, 2.75) is 70.6 Å². The van der Waals surface area contributed by atoms with Crippen molar-refractivity contribution in [3.63, 3.8) is 0 Å². The van der Waals surface area contributed by atoms with Crippen LogP contribution in [0.25, 0.3) is 0 Å². The number of hydrogen-bond donors (Lipinski definition) is 6. The number of benzene rings is 4. The molecule has 0 saturated heterocycles. The minimum atomic E-state index is -1.44. The van der Waals surface area contributed by atoms with Crippen molar-refractivity contribution in [1.29, 1.82) is 0 Å². The molecule has 0 radical (unpaired) electrons. The van der Waals surface area contributed by atoms with Crippen LogP contribution in [0.5, 0.6) is 0 Å². The van der Waals surface area contributed by atoms with Gasteiger partial charge in [-0.3, -0.25) is 14.9 Å². The third-order valence-electron chi connectivity index (χ3n) is 8.34. The van der Waals surface area contributed by atoms with Crippen LogP contribution >= 0.6 is 0 Å². The second-order valence-corrected chi connectivity index (χ2v) is 13.3. The Labute approximate surface area is 294 Å². The lowest BCUT2D eigenvalue weighted by Gasteiger charge is -2.35. The Morgan fingerprint density at radius 2 is 1.20 bits per heavy atom. The fraction of sp³-hybridized carbons (Fsp3) is 0.325. The smallest absolute Gasteiger partial charge is 0.408 e. The van der Waals surface area contributed by atoms with E-state index in [-0.39, 0.29) is 26.2 Å². The maximum Gasteiger partial charge on any atom is 0.408 e. The summed E-state index contributed by atoms with van der Waals surface area (Å²) in [5, 5.41) is 34.0. The summed E-state index contributed by atoms with van der Waals surface area (Å²) in [4.78, 5) is 40.9. The van der Waals surface area contributed by atoms with Crippen LogP contribution in [-0.4, -0.2) is 59.0 Å². The van der Waals surface area contributed by atoms with Gasteiger partial charge in [-0.15, -0.1) is 0 Å². The first-order valence-corrected chi connectivity index (χ1v) is 16.8. The SMILES string of the molecule is CC(C)(C)[C@H](NC(=O)OCc1ccccc1)C(=O)N[C@@H](Cc1ccccc1)[C@@H](O)[C@@H](NCc1ccccc1)C(=O)N[C@@H](CO)c1ccccc1. The van der Waals surface area contributed by atoms with Crippen LogP contribution in [0.3, 0.4) is 0 Å². The van der Waals surface area contributed by atoms with Crippen LogP contribution in [0.4, 0.5) is 4.79 Å². The maximum absolute atomic E-state index is 14.0. The predicted octanol–water partition coefficient (Wildman–Crippen LogP) is 4.42. The molecule has 264 valence electrons. The van der Waals surface area contributed by atoms with E-state index in [1.807, 2.05) is 130 Å². The number of ether oxygens (including phenoxy) is 1. The minimum absolute atomic E-state index is 0.0300. The summed E-state index contributed by atoms with van der Waals surface area (Å²) < 4.78 is 5.42. The lowest BCUT2D eigenvalue weighted by atomic mass is 9.85. The molecule has 0 unspecified atom stereocenters. The van der Waals surface area contributed by atoms with E-state index in [9.17, 15) is 24.6 Å². The summed E-state index contributed by atoms with van der Waals surface area (Å²) >= 11 is 0. The third-order valence-corrected chi connectivity index (χ3v) is 8.34. The van der Waals surface area contributed by atoms with Crippen LogP contribution in [0.15, 0.2) is 121 Å². The van der Waals surface area contributed by atoms with Gasteiger partial charge in [-0.1, -0.05) is 142 Å². The number of aliphatic hydroxyl groups is 2. The molecule has 4 aromatic rings. The summed E-state index contributed by atoms with van der Waals surface area (Å²) in [6.45, 7) is 5.36. The molecule has 0 saturated carbocycles. The van der Waals surface area contributed by atoms with Gasteiger partial charge in [0.05, 0.1) is 24.8 Å². The summed E-state index contributed by atoms with van der Waals surface area (Å²) in [6.07, 6.45) is -2.02. The second-order valence-electron chi connectivity index (χ2n) is 13.3. The molecule has 0 heterocycles. The van der Waals surface area contributed by atoms with Crippen molar-refractivity contribution in [2.24, 2.45) is 5.41 Å². The molecule has 0 fully saturated rings. The number of nitrogens with one attached hydrogen (secondary N) is 4. The quantitative estimate of drug-likeness (QED) is 0.103. The molecule has 0 aliphatic rings. The standard InChI is InChI=1S/C40H48N4O6/c1-40(2,3)36(44-39(49)50-27-30-20-12-6-13-21-30)38(48)42-32(24-28-16-8-4-9-17-28)35(46)34(41-25-29-18-10-5-11-19-29)37(47)43-33(26-45)31-22-14-7-15-23-31/h4-23,32-36,41,45-46H,24-27H2,1-3H3,(H,42,48)(H,43,47)(H,44,49)/t32-,33-,34+,35+,36+/m0/s1. The van der Waals surface area contributed by atoms with Crippen molar-refractivity contribution in [3.8, 4) is 0 Å². The molecule has 0 aliphatic heterocycles. The molecule has 0 aromatic heterocycles. The molecule has 3 amide bonds. The van der Waals surface area contributed by atoms with Gasteiger partial charge in [-0.25, -0.2) is 4.79 Å². The fourth-order valence-corrected chi connectivity index (χ4v) is 5.55. The molecule has 50 heavy (non-hydrogen) atoms. The van der Waals surface area contributed by atoms with E-state index in [0.29, 0.717) is 5.56 Å². The first-order chi connectivity index (χ1) is 24.0. The third kappa shape index (κ3) is 11.5. The molecule has 0 aliphatic carbocycles. The highest BCUT2D eigenvalue weighted by molar-refractivity contribution is 5.87. The highest BCUT2D eigenvalue weighted by atomic mass is 16.5. The van der Waals surface area contributed by atoms with Crippen molar-refractivity contribution >= 4 is 17.9 Å². The lowest BCUT2D eigenvalue weighted by Crippen LogP contribution is -2.62. The molecule has 4 aromatic carbocycles. The number of carbonyl (C=O) groups excluding carboxylic acids is 3. The molecule has 10 heteroatoms. The highest BCUT2D eigenvalue weighted by Crippen LogP contribution is 2.21. The normalized spacial score (nSPS) is 14.3. The van der Waals surface area contributed by atoms with E-state index >= 15 is 0 Å². The second kappa shape index (κ2) is 18.7. The summed E-state index contributed by atoms with van der Waals surface area (Å²) in [6, 6.07) is 33.1. The van der Waals surface area contributed by atoms with E-state index < -0.39 is 53.6 Å². The lowest BCUT2D eigenvalue weighted by molar-refractivity contribution is -0.131. The first kappa shape index (κ1) is 37.8. The van der Waals surface area contributed by atoms with Crippen LogP contribution in [0.1, 0.15) is 49.1 Å². The van der Waals surface area contributed by atoms with Gasteiger partial charge in [-0.2, -0.15) is 0 Å². The maximum atomic E-state index is 14.0. The number of carbonyl (C=O) groups is 3. The Kier molecular flexibility index (Phi) is 14.1. The van der Waals surface area contributed by atoms with Gasteiger partial charge >= 0.3 is 6.09 Å². The average molecular weight is 681 g/mol. The molecule has 0 bridgehead atoms. The van der Waals surface area contributed by atoms with Crippen LogP contribution in [-0.2, 0) is 33.9 Å². The van der Waals surface area contributed by atoms with Crippen LogP contribution < -0.4 is 21.3 Å². The van der Waals surface area contributed by atoms with Gasteiger partial charge < -0.3 is 30.9 Å². The van der Waals surface area contributed by atoms with Gasteiger partial charge in [0.25, 0.3) is 0 Å². The zero-order valence-corrected chi connectivity index (χ0v) is 28.8. The molecule has 5 atom stereocenters. The van der Waals surface area contributed by atoms with E-state index in [2.05, 4.69) is 21.3 Å². The molecule has 0 spiro atoms. The van der Waals surface area contributed by atoms with Gasteiger partial charge in [0.2, 0.25) is 11.8 Å². The molecule has 4 rings (SSSR count). The summed E-state index contributed by atoms with van der Waals surface area (Å²) in [5.74, 6) is -1.10. The Balaban J connectivity index is 1.59. The van der Waals surface area contributed by atoms with Crippen LogP contribution in [0.2, 0.25) is 0 Å². The largest absolute Gasteiger partial charge is 0.445 e. The minimum Gasteiger partial charge on any atom is -0.445 e. The number of aliphatic hydroxyl groups excluding tert-OH is 2. The van der Waals surface area contributed by atoms with E-state index in [0.717, 1.165) is 16.7 Å². The molecule has 10 nitrogen and oxygen atoms in total. The zero-order valence-electron chi connectivity index (χ0n) is 28.8. The molecule has 6 N–H and O–H groups in total. The summed E-state index contributed by atoms with van der Waals surface area (Å²) in [5.41, 5.74) is 2.46. The van der Waals surface area contributed by atoms with Crippen molar-refractivity contribution in [1.82, 2.24) is 21.3 Å². The Morgan fingerprint density at radius 3 is 1.74 bits per heavy atom. The van der Waals surface area contributed by atoms with Crippen molar-refractivity contribution < 1.29 is 29.3 Å². The number of amides is 3. The van der Waals surface area contributed by atoms with Gasteiger partial charge in [0.15, 0.2) is 0 Å². The number of alkyl carbamates (subject to hydrolysis) is 1. The van der Waals surface area contributed by atoms with Crippen molar-refractivity contribution in [2.75, 3.05) is 6.61 Å². The van der Waals surface area contributed by atoms with Gasteiger partial charge in [0, 0.05) is 6.54 Å². The topological polar surface area (TPSA) is 149 Å². The Morgan fingerprint density at radius 1 is 0.680 bits per heavy atom. The monoisotopic (exact) mass is 680 g/mol. The van der Waals surface area contributed by atoms with Crippen molar-refractivity contribution in [3.05, 3.63) is 144 Å². The van der Waals surface area contributed by atoms with Gasteiger partial charge in [-0.05, 0) is 34.1 Å². The summed E-state index contributed by atoms with van der Waals surface area (Å²) in [7, 11) is 0. The Bertz CT molecular complexity index is 1620. The fourth-order valence-electron chi connectivity index (χ4n) is 5.55. The number of hydrogen-bond acceptors (Lipinski definition) is 7. The van der Waals surface area contributed by atoms with E-state index in [1.54, 1.807) is 12.1 Å².